The van der Waals surface area contributed by atoms with Crippen molar-refractivity contribution in [3.8, 4) is 11.5 Å². The van der Waals surface area contributed by atoms with Gasteiger partial charge < -0.3 is 19.9 Å². The first-order chi connectivity index (χ1) is 15.8. The number of benzene rings is 2. The third-order valence-corrected chi connectivity index (χ3v) is 8.06. The first-order valence-corrected chi connectivity index (χ1v) is 12.5. The van der Waals surface area contributed by atoms with E-state index < -0.39 is 22.0 Å². The van der Waals surface area contributed by atoms with E-state index in [9.17, 15) is 18.3 Å². The summed E-state index contributed by atoms with van der Waals surface area (Å²) in [6.07, 6.45) is 3.96. The van der Waals surface area contributed by atoms with Gasteiger partial charge in [0, 0.05) is 30.8 Å². The van der Waals surface area contributed by atoms with Gasteiger partial charge in [-0.2, -0.15) is 4.31 Å². The van der Waals surface area contributed by atoms with E-state index in [0.29, 0.717) is 22.6 Å². The minimum absolute atomic E-state index is 0.0156. The number of nitrogens with one attached hydrogen (secondary N) is 1. The van der Waals surface area contributed by atoms with E-state index in [0.717, 1.165) is 32.1 Å². The van der Waals surface area contributed by atoms with Gasteiger partial charge in [-0.3, -0.25) is 4.79 Å². The van der Waals surface area contributed by atoms with E-state index in [4.69, 9.17) is 9.47 Å². The molecule has 0 bridgehead atoms. The number of ether oxygens (including phenoxy) is 2. The Morgan fingerprint density at radius 3 is 2.36 bits per heavy atom. The normalized spacial score (nSPS) is 15.8. The number of carbonyl (C=O) groups is 1. The van der Waals surface area contributed by atoms with Gasteiger partial charge in [-0.25, -0.2) is 8.42 Å². The van der Waals surface area contributed by atoms with E-state index in [2.05, 4.69) is 5.32 Å². The molecular weight excluding hydrogens is 444 g/mol. The third-order valence-electron chi connectivity index (χ3n) is 6.13. The van der Waals surface area contributed by atoms with Gasteiger partial charge in [-0.05, 0) is 55.3 Å². The second-order valence-electron chi connectivity index (χ2n) is 8.17. The molecule has 0 radical (unpaired) electrons. The molecule has 9 heteroatoms. The molecular formula is C24H32N2O6S. The van der Waals surface area contributed by atoms with E-state index in [1.165, 1.54) is 42.8 Å². The van der Waals surface area contributed by atoms with Crippen LogP contribution < -0.4 is 14.8 Å². The Morgan fingerprint density at radius 1 is 1.09 bits per heavy atom. The molecule has 1 unspecified atom stereocenters. The number of methoxy groups -OCH3 is 2. The second-order valence-corrected chi connectivity index (χ2v) is 10.2. The van der Waals surface area contributed by atoms with Crippen LogP contribution in [-0.2, 0) is 10.0 Å². The summed E-state index contributed by atoms with van der Waals surface area (Å²) in [6.45, 7) is -0.0488. The Kier molecular flexibility index (Phi) is 8.34. The Bertz CT molecular complexity index is 1050. The highest BCUT2D eigenvalue weighted by atomic mass is 32.2. The van der Waals surface area contributed by atoms with Crippen molar-refractivity contribution < 1.29 is 27.8 Å². The molecule has 2 N–H and O–H groups in total. The van der Waals surface area contributed by atoms with Crippen molar-refractivity contribution in [2.75, 3.05) is 27.8 Å². The van der Waals surface area contributed by atoms with Gasteiger partial charge in [-0.1, -0.05) is 19.3 Å². The quantitative estimate of drug-likeness (QED) is 0.576. The summed E-state index contributed by atoms with van der Waals surface area (Å²) in [4.78, 5) is 12.7. The van der Waals surface area contributed by atoms with Crippen LogP contribution in [0.25, 0.3) is 0 Å². The molecule has 2 aromatic rings. The van der Waals surface area contributed by atoms with E-state index in [1.54, 1.807) is 25.2 Å². The van der Waals surface area contributed by atoms with Crippen LogP contribution in [0.5, 0.6) is 11.5 Å². The standard InChI is InChI=1S/C24H32N2O6S/c1-26(18-7-5-4-6-8-18)33(29,30)20-12-9-17(10-13-20)24(28)25-16-22(27)21-15-19(31-2)11-14-23(21)32-3/h9-15,18,22,27H,4-8,16H2,1-3H3,(H,25,28). The molecule has 8 nitrogen and oxygen atoms in total. The predicted molar refractivity (Wildman–Crippen MR) is 125 cm³/mol. The monoisotopic (exact) mass is 476 g/mol. The minimum Gasteiger partial charge on any atom is -0.497 e. The fourth-order valence-electron chi connectivity index (χ4n) is 4.09. The van der Waals surface area contributed by atoms with Crippen LogP contribution in [0.3, 0.4) is 0 Å². The summed E-state index contributed by atoms with van der Waals surface area (Å²) in [7, 11) is 1.03. The maximum atomic E-state index is 13.0. The highest BCUT2D eigenvalue weighted by Crippen LogP contribution is 2.29. The van der Waals surface area contributed by atoms with Crippen molar-refractivity contribution in [1.29, 1.82) is 0 Å². The van der Waals surface area contributed by atoms with Gasteiger partial charge in [0.2, 0.25) is 10.0 Å². The molecule has 33 heavy (non-hydrogen) atoms. The third kappa shape index (κ3) is 5.85. The fraction of sp³-hybridized carbons (Fsp3) is 0.458. The first-order valence-electron chi connectivity index (χ1n) is 11.0. The summed E-state index contributed by atoms with van der Waals surface area (Å²) < 4.78 is 37.9. The summed E-state index contributed by atoms with van der Waals surface area (Å²) in [5.41, 5.74) is 0.795. The van der Waals surface area contributed by atoms with Crippen LogP contribution in [0.2, 0.25) is 0 Å². The Balaban J connectivity index is 1.64. The molecule has 1 amide bonds. The SMILES string of the molecule is COc1ccc(OC)c(C(O)CNC(=O)c2ccc(S(=O)(=O)N(C)C3CCCCC3)cc2)c1. The lowest BCUT2D eigenvalue weighted by atomic mass is 9.96. The molecule has 0 saturated heterocycles. The zero-order chi connectivity index (χ0) is 24.0. The van der Waals surface area contributed by atoms with Crippen molar-refractivity contribution in [2.24, 2.45) is 0 Å². The number of amides is 1. The number of hydrogen-bond acceptors (Lipinski definition) is 6. The molecule has 0 aliphatic heterocycles. The number of sulfonamides is 1. The second kappa shape index (κ2) is 11.0. The van der Waals surface area contributed by atoms with Crippen LogP contribution in [0.15, 0.2) is 47.4 Å². The summed E-state index contributed by atoms with van der Waals surface area (Å²) in [5.74, 6) is 0.626. The van der Waals surface area contributed by atoms with Crippen molar-refractivity contribution in [2.45, 2.75) is 49.1 Å². The predicted octanol–water partition coefficient (Wildman–Crippen LogP) is 3.12. The number of hydrogen-bond donors (Lipinski definition) is 2. The van der Waals surface area contributed by atoms with Crippen LogP contribution in [0.1, 0.15) is 54.1 Å². The maximum absolute atomic E-state index is 13.0. The molecule has 1 atom stereocenters. The smallest absolute Gasteiger partial charge is 0.251 e. The molecule has 0 spiro atoms. The minimum atomic E-state index is -3.62. The molecule has 3 rings (SSSR count). The molecule has 0 heterocycles. The molecule has 1 aliphatic rings. The molecule has 0 aromatic heterocycles. The lowest BCUT2D eigenvalue weighted by molar-refractivity contribution is 0.0914. The van der Waals surface area contributed by atoms with Gasteiger partial charge in [0.05, 0.1) is 19.1 Å². The summed E-state index contributed by atoms with van der Waals surface area (Å²) in [6, 6.07) is 10.9. The Morgan fingerprint density at radius 2 is 1.76 bits per heavy atom. The van der Waals surface area contributed by atoms with Crippen molar-refractivity contribution in [1.82, 2.24) is 9.62 Å². The zero-order valence-corrected chi connectivity index (χ0v) is 20.1. The van der Waals surface area contributed by atoms with Crippen LogP contribution in [-0.4, -0.2) is 57.6 Å². The van der Waals surface area contributed by atoms with Crippen LogP contribution in [0, 0.1) is 0 Å². The van der Waals surface area contributed by atoms with Gasteiger partial charge in [0.15, 0.2) is 0 Å². The Hall–Kier alpha value is -2.62. The number of aliphatic hydroxyl groups is 1. The van der Waals surface area contributed by atoms with Gasteiger partial charge in [0.1, 0.15) is 17.6 Å². The summed E-state index contributed by atoms with van der Waals surface area (Å²) >= 11 is 0. The van der Waals surface area contributed by atoms with E-state index in [-0.39, 0.29) is 17.5 Å². The number of nitrogens with zero attached hydrogens (tertiary/aromatic N) is 1. The topological polar surface area (TPSA) is 105 Å². The summed E-state index contributed by atoms with van der Waals surface area (Å²) in [5, 5.41) is 13.2. The first kappa shape index (κ1) is 25.0. The Labute approximate surface area is 195 Å². The lowest BCUT2D eigenvalue weighted by Crippen LogP contribution is -2.38. The lowest BCUT2D eigenvalue weighted by Gasteiger charge is -2.30. The average Bonchev–Trinajstić information content (AvgIpc) is 2.86. The molecule has 180 valence electrons. The number of aliphatic hydroxyl groups excluding tert-OH is 1. The van der Waals surface area contributed by atoms with Gasteiger partial charge >= 0.3 is 0 Å². The maximum Gasteiger partial charge on any atom is 0.251 e. The van der Waals surface area contributed by atoms with Crippen molar-refractivity contribution in [3.63, 3.8) is 0 Å². The van der Waals surface area contributed by atoms with Crippen molar-refractivity contribution >= 4 is 15.9 Å². The highest BCUT2D eigenvalue weighted by molar-refractivity contribution is 7.89. The largest absolute Gasteiger partial charge is 0.497 e. The van der Waals surface area contributed by atoms with E-state index >= 15 is 0 Å². The van der Waals surface area contributed by atoms with Crippen LogP contribution >= 0.6 is 0 Å². The van der Waals surface area contributed by atoms with Crippen LogP contribution in [0.4, 0.5) is 0 Å². The van der Waals surface area contributed by atoms with Crippen molar-refractivity contribution in [3.05, 3.63) is 53.6 Å². The molecule has 1 saturated carbocycles. The number of carbonyl (C=O) groups excluding carboxylic acids is 1. The van der Waals surface area contributed by atoms with Gasteiger partial charge in [-0.15, -0.1) is 0 Å². The van der Waals surface area contributed by atoms with Gasteiger partial charge in [0.25, 0.3) is 5.91 Å². The van der Waals surface area contributed by atoms with E-state index in [1.807, 2.05) is 0 Å². The molecule has 1 fully saturated rings. The average molecular weight is 477 g/mol. The fourth-order valence-corrected chi connectivity index (χ4v) is 5.50. The molecule has 2 aromatic carbocycles. The highest BCUT2D eigenvalue weighted by Gasteiger charge is 2.29. The molecule has 1 aliphatic carbocycles. The number of rotatable bonds is 9. The zero-order valence-electron chi connectivity index (χ0n) is 19.3.